The molecule has 0 aliphatic heterocycles. The molecule has 41 heavy (non-hydrogen) atoms. The van der Waals surface area contributed by atoms with E-state index in [-0.39, 0.29) is 62.1 Å². The SMILES string of the molecule is [2H]C[C@H](COP(C)OCCC#N)O[C@H](COC(=O)c1ccccc1)n1cnc2c(=O)[nH]c(NC(=O)C(C)C)nc21.[3H]OC. The number of rotatable bonds is 14. The summed E-state index contributed by atoms with van der Waals surface area (Å²) in [5.74, 6) is -1.39. The number of benzene rings is 1. The number of nitrogens with one attached hydrogen (secondary N) is 2. The fourth-order valence-corrected chi connectivity index (χ4v) is 3.95. The van der Waals surface area contributed by atoms with Gasteiger partial charge >= 0.3 is 5.97 Å². The number of imidazole rings is 1. The molecule has 2 heterocycles. The van der Waals surface area contributed by atoms with Crippen molar-refractivity contribution in [1.82, 2.24) is 19.5 Å². The molecular formula is C26H35N6O8P. The van der Waals surface area contributed by atoms with Crippen molar-refractivity contribution >= 4 is 37.4 Å². The van der Waals surface area contributed by atoms with Crippen LogP contribution in [0, 0.1) is 17.2 Å². The Kier molecular flexibility index (Phi) is 12.7. The van der Waals surface area contributed by atoms with Crippen molar-refractivity contribution in [3.8, 4) is 6.07 Å². The van der Waals surface area contributed by atoms with Crippen LogP contribution in [0.25, 0.3) is 11.2 Å². The Balaban J connectivity index is 0.00000206. The fraction of sp³-hybridized carbons (Fsp3) is 0.462. The van der Waals surface area contributed by atoms with Gasteiger partial charge in [-0.05, 0) is 19.0 Å². The third kappa shape index (κ3) is 10.3. The Hall–Kier alpha value is -3.73. The van der Waals surface area contributed by atoms with Crippen LogP contribution in [0.5, 0.6) is 0 Å². The van der Waals surface area contributed by atoms with E-state index in [1.165, 1.54) is 18.0 Å². The molecule has 222 valence electrons. The average Bonchev–Trinajstić information content (AvgIpc) is 3.42. The van der Waals surface area contributed by atoms with E-state index in [0.29, 0.717) is 5.56 Å². The molecule has 15 heteroatoms. The Morgan fingerprint density at radius 2 is 2.05 bits per heavy atom. The molecule has 3 N–H and O–H groups in total. The van der Waals surface area contributed by atoms with Crippen molar-refractivity contribution in [2.24, 2.45) is 5.92 Å². The first-order valence-electron chi connectivity index (χ1n) is 13.6. The lowest BCUT2D eigenvalue weighted by Crippen LogP contribution is -2.27. The molecule has 0 saturated carbocycles. The maximum atomic E-state index is 12.7. The minimum Gasteiger partial charge on any atom is -0.457 e. The molecular weight excluding hydrogens is 555 g/mol. The Bertz CT molecular complexity index is 1400. The van der Waals surface area contributed by atoms with Gasteiger partial charge in [0, 0.05) is 21.1 Å². The zero-order valence-corrected chi connectivity index (χ0v) is 24.1. The number of amides is 1. The number of carbonyl (C=O) groups excluding carboxylic acids is 2. The Labute approximate surface area is 241 Å². The third-order valence-corrected chi connectivity index (χ3v) is 6.21. The van der Waals surface area contributed by atoms with E-state index in [0.717, 1.165) is 0 Å². The van der Waals surface area contributed by atoms with Crippen molar-refractivity contribution in [3.63, 3.8) is 0 Å². The van der Waals surface area contributed by atoms with Crippen molar-refractivity contribution in [1.29, 1.82) is 6.69 Å². The summed E-state index contributed by atoms with van der Waals surface area (Å²) in [5, 5.41) is 14.7. The van der Waals surface area contributed by atoms with Crippen LogP contribution in [0.3, 0.4) is 0 Å². The van der Waals surface area contributed by atoms with Crippen molar-refractivity contribution in [2.45, 2.75) is 39.5 Å². The van der Waals surface area contributed by atoms with E-state index in [9.17, 15) is 14.4 Å². The van der Waals surface area contributed by atoms with Gasteiger partial charge in [0.1, 0.15) is 6.61 Å². The number of anilines is 1. The molecule has 3 rings (SSSR count). The predicted octanol–water partition coefficient (Wildman–Crippen LogP) is 2.97. The summed E-state index contributed by atoms with van der Waals surface area (Å²) in [6.07, 6.45) is -0.309. The molecule has 1 amide bonds. The summed E-state index contributed by atoms with van der Waals surface area (Å²) < 4.78 is 37.8. The van der Waals surface area contributed by atoms with Gasteiger partial charge in [-0.1, -0.05) is 32.0 Å². The molecule has 0 aliphatic rings. The minimum atomic E-state index is -1.32. The van der Waals surface area contributed by atoms with Gasteiger partial charge in [-0.2, -0.15) is 10.2 Å². The highest BCUT2D eigenvalue weighted by Gasteiger charge is 2.24. The molecule has 3 aromatic rings. The maximum absolute atomic E-state index is 12.7. The molecule has 0 aliphatic carbocycles. The third-order valence-electron chi connectivity index (χ3n) is 5.15. The highest BCUT2D eigenvalue weighted by molar-refractivity contribution is 7.46. The summed E-state index contributed by atoms with van der Waals surface area (Å²) in [7, 11) is -0.0252. The lowest BCUT2D eigenvalue weighted by atomic mass is 10.2. The van der Waals surface area contributed by atoms with Gasteiger partial charge in [0.15, 0.2) is 25.8 Å². The fourth-order valence-electron chi connectivity index (χ4n) is 3.15. The lowest BCUT2D eigenvalue weighted by Gasteiger charge is -2.24. The molecule has 1 aromatic carbocycles. The molecule has 0 radical (unpaired) electrons. The van der Waals surface area contributed by atoms with Crippen LogP contribution in [-0.2, 0) is 23.3 Å². The van der Waals surface area contributed by atoms with E-state index >= 15 is 0 Å². The number of hydrogen-bond donors (Lipinski definition) is 3. The second kappa shape index (κ2) is 17.2. The van der Waals surface area contributed by atoms with Crippen LogP contribution in [-0.4, -0.2) is 77.6 Å². The van der Waals surface area contributed by atoms with Gasteiger partial charge in [0.25, 0.3) is 5.56 Å². The van der Waals surface area contributed by atoms with Crippen LogP contribution >= 0.6 is 8.38 Å². The number of fused-ring (bicyclic) bond motifs is 1. The van der Waals surface area contributed by atoms with Gasteiger partial charge in [0.2, 0.25) is 13.3 Å². The minimum absolute atomic E-state index is 0.0161. The van der Waals surface area contributed by atoms with Gasteiger partial charge in [-0.25, -0.2) is 9.78 Å². The number of aromatic amines is 1. The van der Waals surface area contributed by atoms with Gasteiger partial charge in [-0.3, -0.25) is 24.5 Å². The molecule has 0 saturated heterocycles. The van der Waals surface area contributed by atoms with Crippen LogP contribution in [0.2, 0.25) is 0 Å². The van der Waals surface area contributed by atoms with Gasteiger partial charge in [0.05, 0.1) is 43.7 Å². The Morgan fingerprint density at radius 1 is 1.32 bits per heavy atom. The van der Waals surface area contributed by atoms with Gasteiger partial charge < -0.3 is 23.6 Å². The van der Waals surface area contributed by atoms with Crippen molar-refractivity contribution in [3.05, 3.63) is 52.6 Å². The smallest absolute Gasteiger partial charge is 0.338 e. The number of aliphatic hydroxyl groups is 1. The van der Waals surface area contributed by atoms with Gasteiger partial charge in [-0.15, -0.1) is 0 Å². The van der Waals surface area contributed by atoms with Crippen LogP contribution in [0.4, 0.5) is 5.95 Å². The van der Waals surface area contributed by atoms with E-state index in [1.54, 1.807) is 50.8 Å². The number of ether oxygens (including phenoxy) is 2. The second-order valence-corrected chi connectivity index (χ2v) is 9.93. The molecule has 1 unspecified atom stereocenters. The van der Waals surface area contributed by atoms with E-state index in [2.05, 4.69) is 25.4 Å². The number of esters is 1. The second-order valence-electron chi connectivity index (χ2n) is 8.54. The quantitative estimate of drug-likeness (QED) is 0.141. The average molecular weight is 594 g/mol. The number of hydrogen-bond acceptors (Lipinski definition) is 11. The summed E-state index contributed by atoms with van der Waals surface area (Å²) >= 11 is 0. The zero-order valence-electron chi connectivity index (χ0n) is 25.2. The Morgan fingerprint density at radius 3 is 2.71 bits per heavy atom. The van der Waals surface area contributed by atoms with E-state index in [4.69, 9.17) is 26.6 Å². The lowest BCUT2D eigenvalue weighted by molar-refractivity contribution is -0.118. The number of nitriles is 1. The molecule has 0 fully saturated rings. The molecule has 0 bridgehead atoms. The largest absolute Gasteiger partial charge is 0.457 e. The van der Waals surface area contributed by atoms with Crippen LogP contribution in [0.1, 0.15) is 45.1 Å². The molecule has 3 atom stereocenters. The predicted molar refractivity (Wildman–Crippen MR) is 151 cm³/mol. The number of carbonyl (C=O) groups is 2. The highest BCUT2D eigenvalue weighted by Crippen LogP contribution is 2.34. The first kappa shape index (κ1) is 30.2. The monoisotopic (exact) mass is 593 g/mol. The summed E-state index contributed by atoms with van der Waals surface area (Å²) in [5.41, 5.74) is -0.205. The highest BCUT2D eigenvalue weighted by atomic mass is 31.2. The van der Waals surface area contributed by atoms with Crippen molar-refractivity contribution in [2.75, 3.05) is 38.9 Å². The summed E-state index contributed by atoms with van der Waals surface area (Å²) in [4.78, 5) is 48.5. The van der Waals surface area contributed by atoms with E-state index in [1.807, 2.05) is 6.07 Å². The number of aromatic nitrogens is 4. The van der Waals surface area contributed by atoms with E-state index < -0.39 is 32.2 Å². The summed E-state index contributed by atoms with van der Waals surface area (Å²) in [6, 6.07) is 10.4. The zero-order chi connectivity index (χ0) is 31.8. The normalized spacial score (nSPS) is 13.7. The van der Waals surface area contributed by atoms with Crippen LogP contribution < -0.4 is 10.9 Å². The standard InChI is InChI=1S/C25H31N6O7P.CH4O/c1-16(2)22(32)29-25-28-21-20(23(33)30-25)27-15-31(21)19(14-35-24(34)18-9-6-5-7-10-18)38-17(3)13-37-39(4)36-12-8-11-26;1-2/h5-7,9-10,15-17,19H,8,12-14H2,1-4H3,(H2,28,29,30,32,33);2H,1H3/t17-,19-,39?;/m1./s1/i3D;2T. The van der Waals surface area contributed by atoms with Crippen LogP contribution in [0.15, 0.2) is 41.5 Å². The molecule has 0 spiro atoms. The first-order valence-corrected chi connectivity index (χ1v) is 14.1. The number of aliphatic hydroxyl groups excluding tert-OH is 1. The number of H-pyrrole nitrogens is 1. The molecule has 2 aromatic heterocycles. The van der Waals surface area contributed by atoms with Crippen molar-refractivity contribution < 1.29 is 34.6 Å². The topological polar surface area (TPSA) is 191 Å². The summed E-state index contributed by atoms with van der Waals surface area (Å²) in [6.45, 7) is 4.80. The first-order chi connectivity index (χ1) is 20.6. The molecule has 14 nitrogen and oxygen atoms in total. The number of nitrogens with zero attached hydrogens (tertiary/aromatic N) is 4. The maximum Gasteiger partial charge on any atom is 0.338 e.